The van der Waals surface area contributed by atoms with E-state index in [0.717, 1.165) is 48.4 Å². The number of carbonyl (C=O) groups is 1. The maximum absolute atomic E-state index is 12.9. The zero-order valence-electron chi connectivity index (χ0n) is 15.6. The second kappa shape index (κ2) is 6.78. The average Bonchev–Trinajstić information content (AvgIpc) is 3.43. The average molecular weight is 392 g/mol. The van der Waals surface area contributed by atoms with Crippen LogP contribution in [0.15, 0.2) is 54.7 Å². The van der Waals surface area contributed by atoms with Gasteiger partial charge in [-0.25, -0.2) is 4.98 Å². The SMILES string of the molecule is O=C(Nc1ccc(-c2ncc3n2CCCC3)cc1)C1(c2ccc(Cl)cc2)CC1. The first-order chi connectivity index (χ1) is 13.7. The van der Waals surface area contributed by atoms with E-state index in [0.29, 0.717) is 5.02 Å². The van der Waals surface area contributed by atoms with Crippen LogP contribution in [-0.4, -0.2) is 15.5 Å². The smallest absolute Gasteiger partial charge is 0.235 e. The second-order valence-electron chi connectivity index (χ2n) is 7.80. The van der Waals surface area contributed by atoms with Crippen LogP contribution in [-0.2, 0) is 23.2 Å². The van der Waals surface area contributed by atoms with Gasteiger partial charge in [-0.05, 0) is 74.1 Å². The predicted molar refractivity (Wildman–Crippen MR) is 112 cm³/mol. The highest BCUT2D eigenvalue weighted by Gasteiger charge is 2.51. The van der Waals surface area contributed by atoms with Crippen LogP contribution in [0.3, 0.4) is 0 Å². The van der Waals surface area contributed by atoms with Crippen LogP contribution >= 0.6 is 11.6 Å². The summed E-state index contributed by atoms with van der Waals surface area (Å²) in [5.74, 6) is 1.08. The molecule has 0 radical (unpaired) electrons. The van der Waals surface area contributed by atoms with Gasteiger partial charge in [0, 0.05) is 34.7 Å². The molecule has 1 amide bonds. The topological polar surface area (TPSA) is 46.9 Å². The fraction of sp³-hybridized carbons (Fsp3) is 0.304. The Morgan fingerprint density at radius 1 is 1.04 bits per heavy atom. The number of anilines is 1. The zero-order chi connectivity index (χ0) is 19.1. The van der Waals surface area contributed by atoms with Crippen LogP contribution in [0.2, 0.25) is 5.02 Å². The number of imidazole rings is 1. The number of nitrogens with one attached hydrogen (secondary N) is 1. The number of aromatic nitrogens is 2. The van der Waals surface area contributed by atoms with Gasteiger partial charge in [0.15, 0.2) is 0 Å². The maximum atomic E-state index is 12.9. The van der Waals surface area contributed by atoms with Crippen LogP contribution in [0.25, 0.3) is 11.4 Å². The molecule has 0 spiro atoms. The largest absolute Gasteiger partial charge is 0.328 e. The van der Waals surface area contributed by atoms with Crippen LogP contribution in [0.5, 0.6) is 0 Å². The molecule has 1 saturated carbocycles. The van der Waals surface area contributed by atoms with Crippen LogP contribution in [0.4, 0.5) is 5.69 Å². The Bertz CT molecular complexity index is 1020. The summed E-state index contributed by atoms with van der Waals surface area (Å²) in [6.45, 7) is 1.03. The summed E-state index contributed by atoms with van der Waals surface area (Å²) in [5, 5.41) is 3.78. The molecule has 0 bridgehead atoms. The Balaban J connectivity index is 1.33. The molecule has 2 heterocycles. The van der Waals surface area contributed by atoms with Crippen molar-refractivity contribution >= 4 is 23.2 Å². The van der Waals surface area contributed by atoms with E-state index in [1.807, 2.05) is 54.7 Å². The highest BCUT2D eigenvalue weighted by atomic mass is 35.5. The Kier molecular flexibility index (Phi) is 4.24. The molecule has 142 valence electrons. The van der Waals surface area contributed by atoms with Gasteiger partial charge < -0.3 is 9.88 Å². The molecule has 4 nitrogen and oxygen atoms in total. The lowest BCUT2D eigenvalue weighted by Gasteiger charge is -2.17. The molecule has 1 aliphatic carbocycles. The lowest BCUT2D eigenvalue weighted by molar-refractivity contribution is -0.118. The van der Waals surface area contributed by atoms with Crippen molar-refractivity contribution in [3.63, 3.8) is 0 Å². The highest BCUT2D eigenvalue weighted by molar-refractivity contribution is 6.30. The molecule has 2 aromatic carbocycles. The van der Waals surface area contributed by atoms with Crippen molar-refractivity contribution in [2.75, 3.05) is 5.32 Å². The van der Waals surface area contributed by atoms with Crippen molar-refractivity contribution in [2.45, 2.75) is 44.1 Å². The quantitative estimate of drug-likeness (QED) is 0.663. The summed E-state index contributed by atoms with van der Waals surface area (Å²) in [6.07, 6.45) is 7.29. The van der Waals surface area contributed by atoms with Gasteiger partial charge in [-0.1, -0.05) is 23.7 Å². The van der Waals surface area contributed by atoms with Gasteiger partial charge in [0.2, 0.25) is 5.91 Å². The number of carbonyl (C=O) groups excluding carboxylic acids is 1. The van der Waals surface area contributed by atoms with Crippen molar-refractivity contribution in [2.24, 2.45) is 0 Å². The summed E-state index contributed by atoms with van der Waals surface area (Å²) in [4.78, 5) is 17.5. The number of halogens is 1. The van der Waals surface area contributed by atoms with Crippen molar-refractivity contribution < 1.29 is 4.79 Å². The molecule has 5 heteroatoms. The number of nitrogens with zero attached hydrogens (tertiary/aromatic N) is 2. The van der Waals surface area contributed by atoms with Crippen molar-refractivity contribution in [3.05, 3.63) is 71.0 Å². The number of hydrogen-bond donors (Lipinski definition) is 1. The van der Waals surface area contributed by atoms with Gasteiger partial charge in [0.25, 0.3) is 0 Å². The minimum Gasteiger partial charge on any atom is -0.328 e. The Labute approximate surface area is 169 Å². The van der Waals surface area contributed by atoms with Gasteiger partial charge in [-0.3, -0.25) is 4.79 Å². The molecule has 1 aromatic heterocycles. The molecule has 28 heavy (non-hydrogen) atoms. The Morgan fingerprint density at radius 3 is 2.50 bits per heavy atom. The summed E-state index contributed by atoms with van der Waals surface area (Å²) in [7, 11) is 0. The van der Waals surface area contributed by atoms with Crippen LogP contribution in [0, 0.1) is 0 Å². The van der Waals surface area contributed by atoms with Gasteiger partial charge >= 0.3 is 0 Å². The third-order valence-electron chi connectivity index (χ3n) is 5.99. The monoisotopic (exact) mass is 391 g/mol. The van der Waals surface area contributed by atoms with Crippen molar-refractivity contribution in [1.82, 2.24) is 9.55 Å². The molecule has 3 aromatic rings. The predicted octanol–water partition coefficient (Wildman–Crippen LogP) is 5.21. The maximum Gasteiger partial charge on any atom is 0.235 e. The normalized spacial score (nSPS) is 17.0. The summed E-state index contributed by atoms with van der Waals surface area (Å²) in [6, 6.07) is 15.6. The number of amides is 1. The van der Waals surface area contributed by atoms with Gasteiger partial charge in [0.1, 0.15) is 5.82 Å². The summed E-state index contributed by atoms with van der Waals surface area (Å²) < 4.78 is 2.32. The first-order valence-corrected chi connectivity index (χ1v) is 10.3. The molecular weight excluding hydrogens is 370 g/mol. The molecule has 0 saturated heterocycles. The molecule has 0 atom stereocenters. The Hall–Kier alpha value is -2.59. The molecule has 5 rings (SSSR count). The molecule has 2 aliphatic rings. The van der Waals surface area contributed by atoms with Gasteiger partial charge in [-0.15, -0.1) is 0 Å². The van der Waals surface area contributed by atoms with E-state index in [-0.39, 0.29) is 5.91 Å². The molecule has 1 fully saturated rings. The summed E-state index contributed by atoms with van der Waals surface area (Å²) in [5.41, 5.74) is 3.85. The molecular formula is C23H22ClN3O. The van der Waals surface area contributed by atoms with E-state index in [1.165, 1.54) is 18.5 Å². The third-order valence-corrected chi connectivity index (χ3v) is 6.24. The first kappa shape index (κ1) is 17.5. The molecule has 1 aliphatic heterocycles. The molecule has 0 unspecified atom stereocenters. The van der Waals surface area contributed by atoms with E-state index < -0.39 is 5.41 Å². The third kappa shape index (κ3) is 3.02. The van der Waals surface area contributed by atoms with E-state index in [4.69, 9.17) is 11.6 Å². The number of aryl methyl sites for hydroxylation is 1. The standard InChI is InChI=1S/C23H22ClN3O/c24-18-8-6-17(7-9-18)23(12-13-23)22(28)26-19-10-4-16(5-11-19)21-25-15-20-3-1-2-14-27(20)21/h4-11,15H,1-3,12-14H2,(H,26,28). The molecule has 1 N–H and O–H groups in total. The minimum atomic E-state index is -0.411. The highest BCUT2D eigenvalue weighted by Crippen LogP contribution is 2.49. The van der Waals surface area contributed by atoms with Gasteiger partial charge in [0.05, 0.1) is 5.41 Å². The van der Waals surface area contributed by atoms with Crippen LogP contribution < -0.4 is 5.32 Å². The van der Waals surface area contributed by atoms with E-state index in [2.05, 4.69) is 14.9 Å². The van der Waals surface area contributed by atoms with Crippen LogP contribution in [0.1, 0.15) is 36.9 Å². The van der Waals surface area contributed by atoms with Gasteiger partial charge in [-0.2, -0.15) is 0 Å². The first-order valence-electron chi connectivity index (χ1n) is 9.88. The summed E-state index contributed by atoms with van der Waals surface area (Å²) >= 11 is 5.99. The van der Waals surface area contributed by atoms with Crippen molar-refractivity contribution in [3.8, 4) is 11.4 Å². The fourth-order valence-corrected chi connectivity index (χ4v) is 4.29. The number of hydrogen-bond acceptors (Lipinski definition) is 2. The fourth-order valence-electron chi connectivity index (χ4n) is 4.16. The minimum absolute atomic E-state index is 0.0563. The lowest BCUT2D eigenvalue weighted by atomic mass is 9.95. The number of benzene rings is 2. The number of rotatable bonds is 4. The Morgan fingerprint density at radius 2 is 1.79 bits per heavy atom. The zero-order valence-corrected chi connectivity index (χ0v) is 16.4. The van der Waals surface area contributed by atoms with Crippen molar-refractivity contribution in [1.29, 1.82) is 0 Å². The lowest BCUT2D eigenvalue weighted by Crippen LogP contribution is -2.27. The number of fused-ring (bicyclic) bond motifs is 1. The van der Waals surface area contributed by atoms with E-state index in [1.54, 1.807) is 0 Å². The second-order valence-corrected chi connectivity index (χ2v) is 8.24. The van der Waals surface area contributed by atoms with E-state index >= 15 is 0 Å². The van der Waals surface area contributed by atoms with E-state index in [9.17, 15) is 4.79 Å².